The SMILES string of the molecule is CCOC(=O)[C@H]1C[C@@H]1c1ccc(O[C@@H]2CCc3c(-c4c(C)cc(OCCCS(C)(=O)=O)cc4C)ccc(F)c32)cc1. The highest BCUT2D eigenvalue weighted by molar-refractivity contribution is 7.90. The second-order valence-corrected chi connectivity index (χ2v) is 13.4. The standard InChI is InChI=1S/C33H37FO6S/c1-5-38-33(35)28-19-27(28)22-7-9-23(10-8-22)40-30-14-12-26-25(11-13-29(34)32(26)30)31-20(2)17-24(18-21(31)3)39-15-6-16-41(4,36)37/h7-11,13,17-18,27-28,30H,5-6,12,14-16,19H2,1-4H3/t27-,28+,30-/m1/s1. The van der Waals surface area contributed by atoms with Crippen molar-refractivity contribution in [3.8, 4) is 22.6 Å². The number of benzene rings is 3. The van der Waals surface area contributed by atoms with E-state index in [-0.39, 0.29) is 35.5 Å². The van der Waals surface area contributed by atoms with Crippen molar-refractivity contribution in [2.24, 2.45) is 5.92 Å². The third kappa shape index (κ3) is 6.58. The molecule has 0 spiro atoms. The summed E-state index contributed by atoms with van der Waals surface area (Å²) in [6.07, 6.45) is 3.46. The molecule has 3 aromatic carbocycles. The lowest BCUT2D eigenvalue weighted by Crippen LogP contribution is -2.08. The van der Waals surface area contributed by atoms with Gasteiger partial charge in [-0.15, -0.1) is 0 Å². The average molecular weight is 581 g/mol. The Bertz CT molecular complexity index is 1520. The van der Waals surface area contributed by atoms with Crippen molar-refractivity contribution in [1.82, 2.24) is 0 Å². The zero-order valence-corrected chi connectivity index (χ0v) is 24.9. The number of ether oxygens (including phenoxy) is 3. The predicted octanol–water partition coefficient (Wildman–Crippen LogP) is 6.66. The predicted molar refractivity (Wildman–Crippen MR) is 157 cm³/mol. The number of carbonyl (C=O) groups is 1. The number of aryl methyl sites for hydroxylation is 2. The van der Waals surface area contributed by atoms with Gasteiger partial charge in [-0.25, -0.2) is 12.8 Å². The van der Waals surface area contributed by atoms with Gasteiger partial charge in [0.05, 0.1) is 24.9 Å². The van der Waals surface area contributed by atoms with E-state index in [1.54, 1.807) is 0 Å². The largest absolute Gasteiger partial charge is 0.494 e. The number of hydrogen-bond donors (Lipinski definition) is 0. The van der Waals surface area contributed by atoms with E-state index in [1.165, 1.54) is 12.3 Å². The fourth-order valence-corrected chi connectivity index (χ4v) is 6.64. The molecule has 218 valence electrons. The minimum Gasteiger partial charge on any atom is -0.494 e. The first-order valence-corrected chi connectivity index (χ1v) is 16.3. The molecule has 0 saturated heterocycles. The fourth-order valence-electron chi connectivity index (χ4n) is 6.00. The summed E-state index contributed by atoms with van der Waals surface area (Å²) in [5.41, 5.74) is 6.74. The summed E-state index contributed by atoms with van der Waals surface area (Å²) >= 11 is 0. The summed E-state index contributed by atoms with van der Waals surface area (Å²) in [7, 11) is -3.02. The molecule has 0 aliphatic heterocycles. The summed E-state index contributed by atoms with van der Waals surface area (Å²) in [6.45, 7) is 6.56. The van der Waals surface area contributed by atoms with Crippen molar-refractivity contribution in [2.45, 2.75) is 58.5 Å². The van der Waals surface area contributed by atoms with E-state index in [1.807, 2.05) is 63.2 Å². The molecule has 0 amide bonds. The molecule has 3 atom stereocenters. The molecule has 0 bridgehead atoms. The summed E-state index contributed by atoms with van der Waals surface area (Å²) in [6, 6.07) is 15.1. The Morgan fingerprint density at radius 2 is 1.73 bits per heavy atom. The van der Waals surface area contributed by atoms with E-state index in [0.29, 0.717) is 49.5 Å². The van der Waals surface area contributed by atoms with Crippen molar-refractivity contribution in [1.29, 1.82) is 0 Å². The highest BCUT2D eigenvalue weighted by Gasteiger charge is 2.45. The van der Waals surface area contributed by atoms with Crippen molar-refractivity contribution < 1.29 is 31.8 Å². The van der Waals surface area contributed by atoms with Gasteiger partial charge >= 0.3 is 5.97 Å². The van der Waals surface area contributed by atoms with Gasteiger partial charge in [0.1, 0.15) is 33.3 Å². The van der Waals surface area contributed by atoms with Crippen molar-refractivity contribution in [2.75, 3.05) is 25.2 Å². The van der Waals surface area contributed by atoms with Crippen LogP contribution < -0.4 is 9.47 Å². The van der Waals surface area contributed by atoms with Gasteiger partial charge in [0, 0.05) is 11.8 Å². The number of halogens is 1. The average Bonchev–Trinajstić information content (AvgIpc) is 3.61. The Morgan fingerprint density at radius 1 is 1.02 bits per heavy atom. The molecule has 0 unspecified atom stereocenters. The van der Waals surface area contributed by atoms with Crippen molar-refractivity contribution in [3.63, 3.8) is 0 Å². The Labute approximate surface area is 241 Å². The lowest BCUT2D eigenvalue weighted by atomic mass is 9.90. The number of esters is 1. The minimum atomic E-state index is -3.02. The van der Waals surface area contributed by atoms with Gasteiger partial charge < -0.3 is 14.2 Å². The van der Waals surface area contributed by atoms with E-state index < -0.39 is 9.84 Å². The number of sulfone groups is 1. The van der Waals surface area contributed by atoms with Gasteiger partial charge in [0.25, 0.3) is 0 Å². The summed E-state index contributed by atoms with van der Waals surface area (Å²) in [4.78, 5) is 12.0. The van der Waals surface area contributed by atoms with Crippen LogP contribution in [0.25, 0.3) is 11.1 Å². The molecule has 0 radical (unpaired) electrons. The highest BCUT2D eigenvalue weighted by Crippen LogP contribution is 2.49. The molecular formula is C33H37FO6S. The first-order chi connectivity index (χ1) is 19.6. The molecule has 0 N–H and O–H groups in total. The van der Waals surface area contributed by atoms with Crippen molar-refractivity contribution in [3.05, 3.63) is 82.2 Å². The van der Waals surface area contributed by atoms with E-state index >= 15 is 4.39 Å². The molecule has 2 aliphatic carbocycles. The number of rotatable bonds is 11. The van der Waals surface area contributed by atoms with Gasteiger partial charge in [0.2, 0.25) is 0 Å². The molecule has 1 fully saturated rings. The zero-order chi connectivity index (χ0) is 29.3. The van der Waals surface area contributed by atoms with Crippen LogP contribution in [-0.4, -0.2) is 39.6 Å². The molecule has 1 saturated carbocycles. The molecule has 0 heterocycles. The van der Waals surface area contributed by atoms with Gasteiger partial charge in [0.15, 0.2) is 0 Å². The van der Waals surface area contributed by atoms with Crippen LogP contribution in [0.2, 0.25) is 0 Å². The molecule has 41 heavy (non-hydrogen) atoms. The Hall–Kier alpha value is -3.39. The monoisotopic (exact) mass is 580 g/mol. The number of carbonyl (C=O) groups excluding carboxylic acids is 1. The van der Waals surface area contributed by atoms with Gasteiger partial charge in [-0.3, -0.25) is 4.79 Å². The lowest BCUT2D eigenvalue weighted by molar-refractivity contribution is -0.144. The van der Waals surface area contributed by atoms with Crippen molar-refractivity contribution >= 4 is 15.8 Å². The van der Waals surface area contributed by atoms with E-state index in [9.17, 15) is 13.2 Å². The van der Waals surface area contributed by atoms with Gasteiger partial charge in [-0.1, -0.05) is 18.2 Å². The minimum absolute atomic E-state index is 0.0663. The maximum atomic E-state index is 15.2. The molecule has 5 rings (SSSR count). The van der Waals surface area contributed by atoms with Gasteiger partial charge in [-0.05, 0) is 116 Å². The number of hydrogen-bond acceptors (Lipinski definition) is 6. The van der Waals surface area contributed by atoms with Crippen LogP contribution in [0.4, 0.5) is 4.39 Å². The van der Waals surface area contributed by atoms with Gasteiger partial charge in [-0.2, -0.15) is 0 Å². The van der Waals surface area contributed by atoms with Crippen LogP contribution in [0.1, 0.15) is 66.0 Å². The first-order valence-electron chi connectivity index (χ1n) is 14.2. The summed E-state index contributed by atoms with van der Waals surface area (Å²) in [5, 5.41) is 0. The van der Waals surface area contributed by atoms with Crippen LogP contribution in [0.5, 0.6) is 11.5 Å². The molecule has 6 nitrogen and oxygen atoms in total. The Kier molecular flexibility index (Phi) is 8.41. The van der Waals surface area contributed by atoms with Crippen LogP contribution in [-0.2, 0) is 25.8 Å². The molecule has 3 aromatic rings. The second kappa shape index (κ2) is 11.8. The van der Waals surface area contributed by atoms with E-state index in [4.69, 9.17) is 14.2 Å². The first kappa shape index (κ1) is 29.1. The van der Waals surface area contributed by atoms with Crippen LogP contribution >= 0.6 is 0 Å². The topological polar surface area (TPSA) is 78.9 Å². The number of fused-ring (bicyclic) bond motifs is 1. The summed E-state index contributed by atoms with van der Waals surface area (Å²) < 4.78 is 55.3. The Morgan fingerprint density at radius 3 is 2.39 bits per heavy atom. The normalized spacial score (nSPS) is 19.5. The van der Waals surface area contributed by atoms with Crippen LogP contribution in [0.15, 0.2) is 48.5 Å². The molecule has 8 heteroatoms. The molecule has 2 aliphatic rings. The zero-order valence-electron chi connectivity index (χ0n) is 24.0. The molecular weight excluding hydrogens is 543 g/mol. The smallest absolute Gasteiger partial charge is 0.309 e. The fraction of sp³-hybridized carbons (Fsp3) is 0.424. The third-order valence-corrected chi connectivity index (χ3v) is 8.98. The quantitative estimate of drug-likeness (QED) is 0.187. The van der Waals surface area contributed by atoms with Crippen LogP contribution in [0.3, 0.4) is 0 Å². The summed E-state index contributed by atoms with van der Waals surface area (Å²) in [5.74, 6) is 1.18. The van der Waals surface area contributed by atoms with Crippen LogP contribution in [0, 0.1) is 25.6 Å². The Balaban J connectivity index is 1.31. The third-order valence-electron chi connectivity index (χ3n) is 7.95. The molecule has 0 aromatic heterocycles. The second-order valence-electron chi connectivity index (χ2n) is 11.2. The highest BCUT2D eigenvalue weighted by atomic mass is 32.2. The van der Waals surface area contributed by atoms with E-state index in [0.717, 1.165) is 39.8 Å². The van der Waals surface area contributed by atoms with E-state index in [2.05, 4.69) is 0 Å². The maximum Gasteiger partial charge on any atom is 0.309 e. The lowest BCUT2D eigenvalue weighted by Gasteiger charge is -2.19. The maximum absolute atomic E-state index is 15.2.